The minimum absolute atomic E-state index is 0.0664. The molecular weight excluding hydrogens is 224 g/mol. The van der Waals surface area contributed by atoms with Gasteiger partial charge in [0.25, 0.3) is 0 Å². The molecule has 0 saturated carbocycles. The molecule has 1 aliphatic heterocycles. The Bertz CT molecular complexity index is 391. The average Bonchev–Trinajstić information content (AvgIpc) is 2.50. The number of hydrogen-bond acceptors (Lipinski definition) is 4. The molecule has 0 bridgehead atoms. The molecule has 1 aromatic rings. The monoisotopic (exact) mass is 248 g/mol. The van der Waals surface area contributed by atoms with Crippen LogP contribution < -0.4 is 10.6 Å². The Morgan fingerprint density at radius 2 is 2.22 bits per heavy atom. The maximum absolute atomic E-state index is 5.95. The summed E-state index contributed by atoms with van der Waals surface area (Å²) in [5, 5.41) is 0. The molecule has 2 atom stereocenters. The summed E-state index contributed by atoms with van der Waals surface area (Å²) in [5.41, 5.74) is 7.10. The van der Waals surface area contributed by atoms with Gasteiger partial charge in [-0.25, -0.2) is 4.98 Å². The van der Waals surface area contributed by atoms with Gasteiger partial charge in [-0.05, 0) is 51.6 Å². The van der Waals surface area contributed by atoms with Crippen LogP contribution in [-0.4, -0.2) is 42.6 Å². The van der Waals surface area contributed by atoms with Gasteiger partial charge in [0.05, 0.1) is 0 Å². The lowest BCUT2D eigenvalue weighted by atomic mass is 10.1. The number of anilines is 1. The van der Waals surface area contributed by atoms with Gasteiger partial charge in [-0.2, -0.15) is 0 Å². The molecule has 0 spiro atoms. The van der Waals surface area contributed by atoms with E-state index in [1.807, 2.05) is 19.2 Å². The summed E-state index contributed by atoms with van der Waals surface area (Å²) >= 11 is 0. The molecule has 4 nitrogen and oxygen atoms in total. The van der Waals surface area contributed by atoms with E-state index < -0.39 is 0 Å². The van der Waals surface area contributed by atoms with Crippen LogP contribution in [0.4, 0.5) is 5.82 Å². The number of pyridine rings is 1. The molecule has 100 valence electrons. The minimum Gasteiger partial charge on any atom is -0.353 e. The predicted molar refractivity (Wildman–Crippen MR) is 75.8 cm³/mol. The number of rotatable bonds is 2. The van der Waals surface area contributed by atoms with Gasteiger partial charge in [-0.1, -0.05) is 0 Å². The first-order valence-corrected chi connectivity index (χ1v) is 6.74. The van der Waals surface area contributed by atoms with E-state index in [1.165, 1.54) is 6.42 Å². The van der Waals surface area contributed by atoms with E-state index in [4.69, 9.17) is 5.73 Å². The quantitative estimate of drug-likeness (QED) is 0.864. The lowest BCUT2D eigenvalue weighted by molar-refractivity contribution is 0.337. The average molecular weight is 248 g/mol. The topological polar surface area (TPSA) is 45.4 Å². The molecule has 0 aromatic carbocycles. The van der Waals surface area contributed by atoms with Gasteiger partial charge in [0.15, 0.2) is 0 Å². The summed E-state index contributed by atoms with van der Waals surface area (Å²) in [6.07, 6.45) is 3.06. The van der Waals surface area contributed by atoms with E-state index in [0.29, 0.717) is 6.04 Å². The summed E-state index contributed by atoms with van der Waals surface area (Å²) in [6.45, 7) is 7.60. The summed E-state index contributed by atoms with van der Waals surface area (Å²) < 4.78 is 0. The zero-order valence-electron chi connectivity index (χ0n) is 11.6. The van der Waals surface area contributed by atoms with E-state index in [1.54, 1.807) is 0 Å². The van der Waals surface area contributed by atoms with Crippen LogP contribution in [0.1, 0.15) is 31.9 Å². The van der Waals surface area contributed by atoms with Gasteiger partial charge in [0, 0.05) is 31.4 Å². The van der Waals surface area contributed by atoms with E-state index >= 15 is 0 Å². The van der Waals surface area contributed by atoms with Crippen LogP contribution in [0.15, 0.2) is 18.3 Å². The molecular formula is C14H24N4. The van der Waals surface area contributed by atoms with Crippen LogP contribution in [0.3, 0.4) is 0 Å². The van der Waals surface area contributed by atoms with Gasteiger partial charge in [-0.15, -0.1) is 0 Å². The van der Waals surface area contributed by atoms with Gasteiger partial charge in [0.1, 0.15) is 5.82 Å². The molecule has 1 aliphatic rings. The van der Waals surface area contributed by atoms with E-state index in [9.17, 15) is 0 Å². The third-order valence-corrected chi connectivity index (χ3v) is 3.64. The van der Waals surface area contributed by atoms with Gasteiger partial charge in [-0.3, -0.25) is 0 Å². The van der Waals surface area contributed by atoms with E-state index in [-0.39, 0.29) is 6.04 Å². The Morgan fingerprint density at radius 3 is 2.94 bits per heavy atom. The fourth-order valence-electron chi connectivity index (χ4n) is 2.59. The molecule has 2 N–H and O–H groups in total. The molecule has 2 unspecified atom stereocenters. The van der Waals surface area contributed by atoms with Crippen molar-refractivity contribution in [1.29, 1.82) is 0 Å². The lowest BCUT2D eigenvalue weighted by Gasteiger charge is -2.29. The zero-order valence-corrected chi connectivity index (χ0v) is 11.6. The highest BCUT2D eigenvalue weighted by Crippen LogP contribution is 2.20. The van der Waals surface area contributed by atoms with Crippen molar-refractivity contribution in [1.82, 2.24) is 9.88 Å². The normalized spacial score (nSPS) is 23.8. The highest BCUT2D eigenvalue weighted by Gasteiger charge is 2.21. The maximum atomic E-state index is 5.95. The van der Waals surface area contributed by atoms with Crippen molar-refractivity contribution in [2.24, 2.45) is 5.73 Å². The number of nitrogens with zero attached hydrogens (tertiary/aromatic N) is 3. The smallest absolute Gasteiger partial charge is 0.129 e. The van der Waals surface area contributed by atoms with Gasteiger partial charge < -0.3 is 15.5 Å². The van der Waals surface area contributed by atoms with Crippen molar-refractivity contribution in [3.63, 3.8) is 0 Å². The Hall–Kier alpha value is -1.13. The number of aromatic nitrogens is 1. The SMILES string of the molecule is CC(N)c1ccnc(N2CCCN(C)CC2C)c1. The fourth-order valence-corrected chi connectivity index (χ4v) is 2.59. The molecule has 18 heavy (non-hydrogen) atoms. The predicted octanol–water partition coefficient (Wildman–Crippen LogP) is 1.63. The molecule has 4 heteroatoms. The molecule has 1 saturated heterocycles. The second kappa shape index (κ2) is 5.67. The Morgan fingerprint density at radius 1 is 1.44 bits per heavy atom. The first kappa shape index (κ1) is 13.3. The Balaban J connectivity index is 2.21. The highest BCUT2D eigenvalue weighted by atomic mass is 15.3. The fraction of sp³-hybridized carbons (Fsp3) is 0.643. The van der Waals surface area contributed by atoms with Crippen LogP contribution >= 0.6 is 0 Å². The number of likely N-dealkylation sites (N-methyl/N-ethyl adjacent to an activating group) is 1. The van der Waals surface area contributed by atoms with E-state index in [2.05, 4.69) is 34.8 Å². The minimum atomic E-state index is 0.0664. The third-order valence-electron chi connectivity index (χ3n) is 3.64. The Labute approximate surface area is 110 Å². The van der Waals surface area contributed by atoms with Crippen LogP contribution in [0, 0.1) is 0 Å². The van der Waals surface area contributed by atoms with Gasteiger partial charge in [0.2, 0.25) is 0 Å². The van der Waals surface area contributed by atoms with Crippen LogP contribution in [-0.2, 0) is 0 Å². The Kier molecular flexibility index (Phi) is 4.19. The van der Waals surface area contributed by atoms with Crippen molar-refractivity contribution in [3.8, 4) is 0 Å². The molecule has 1 aromatic heterocycles. The van der Waals surface area contributed by atoms with Gasteiger partial charge >= 0.3 is 0 Å². The maximum Gasteiger partial charge on any atom is 0.129 e. The second-order valence-electron chi connectivity index (χ2n) is 5.39. The van der Waals surface area contributed by atoms with Crippen molar-refractivity contribution < 1.29 is 0 Å². The molecule has 2 rings (SSSR count). The van der Waals surface area contributed by atoms with Crippen molar-refractivity contribution in [3.05, 3.63) is 23.9 Å². The van der Waals surface area contributed by atoms with Crippen molar-refractivity contribution in [2.75, 3.05) is 31.6 Å². The summed E-state index contributed by atoms with van der Waals surface area (Å²) in [4.78, 5) is 9.30. The zero-order chi connectivity index (χ0) is 13.1. The van der Waals surface area contributed by atoms with Crippen molar-refractivity contribution >= 4 is 5.82 Å². The summed E-state index contributed by atoms with van der Waals surface area (Å²) in [5.74, 6) is 1.06. The van der Waals surface area contributed by atoms with E-state index in [0.717, 1.165) is 31.0 Å². The lowest BCUT2D eigenvalue weighted by Crippen LogP contribution is -2.38. The van der Waals surface area contributed by atoms with Crippen LogP contribution in [0.2, 0.25) is 0 Å². The van der Waals surface area contributed by atoms with Crippen molar-refractivity contribution in [2.45, 2.75) is 32.4 Å². The number of nitrogens with two attached hydrogens (primary N) is 1. The highest BCUT2D eigenvalue weighted by molar-refractivity contribution is 5.43. The third kappa shape index (κ3) is 3.00. The molecule has 0 radical (unpaired) electrons. The molecule has 0 aliphatic carbocycles. The van der Waals surface area contributed by atoms with Crippen LogP contribution in [0.5, 0.6) is 0 Å². The standard InChI is InChI=1S/C14H24N4/c1-11-10-17(3)7-4-8-18(11)14-9-13(12(2)15)5-6-16-14/h5-6,9,11-12H,4,7-8,10,15H2,1-3H3. The first-order chi connectivity index (χ1) is 8.58. The largest absolute Gasteiger partial charge is 0.353 e. The second-order valence-corrected chi connectivity index (χ2v) is 5.39. The summed E-state index contributed by atoms with van der Waals surface area (Å²) in [6, 6.07) is 4.69. The molecule has 2 heterocycles. The first-order valence-electron chi connectivity index (χ1n) is 6.74. The molecule has 0 amide bonds. The number of hydrogen-bond donors (Lipinski definition) is 1. The summed E-state index contributed by atoms with van der Waals surface area (Å²) in [7, 11) is 2.19. The van der Waals surface area contributed by atoms with Crippen LogP contribution in [0.25, 0.3) is 0 Å². The molecule has 1 fully saturated rings.